The van der Waals surface area contributed by atoms with E-state index >= 15 is 0 Å². The van der Waals surface area contributed by atoms with Crippen LogP contribution in [0.5, 0.6) is 0 Å². The number of benzene rings is 2. The minimum atomic E-state index is -0.957. The van der Waals surface area contributed by atoms with E-state index in [2.05, 4.69) is 20.6 Å². The molecule has 0 atom stereocenters. The number of carboxylic acids is 1. The largest absolute Gasteiger partial charge is 0.478 e. The van der Waals surface area contributed by atoms with Gasteiger partial charge in [0.25, 0.3) is 0 Å². The second kappa shape index (κ2) is 7.94. The Morgan fingerprint density at radius 3 is 2.21 bits per heavy atom. The van der Waals surface area contributed by atoms with Crippen LogP contribution in [0, 0.1) is 0 Å². The number of halogens is 1. The van der Waals surface area contributed by atoms with Gasteiger partial charge in [0.1, 0.15) is 5.82 Å². The molecule has 1 heterocycles. The molecule has 0 radical (unpaired) electrons. The summed E-state index contributed by atoms with van der Waals surface area (Å²) in [6.45, 7) is 0. The Morgan fingerprint density at radius 1 is 0.875 bits per heavy atom. The van der Waals surface area contributed by atoms with Gasteiger partial charge < -0.3 is 15.7 Å². The predicted molar refractivity (Wildman–Crippen MR) is 95.7 cm³/mol. The highest BCUT2D eigenvalue weighted by atomic mass is 35.5. The number of hydrogen-bond acceptors (Lipinski definition) is 5. The molecule has 122 valence electrons. The summed E-state index contributed by atoms with van der Waals surface area (Å²) in [6, 6.07) is 17.9. The molecule has 24 heavy (non-hydrogen) atoms. The van der Waals surface area contributed by atoms with E-state index in [0.29, 0.717) is 17.5 Å². The Bertz CT molecular complexity index is 810. The lowest BCUT2D eigenvalue weighted by molar-refractivity contribution is 0.0697. The van der Waals surface area contributed by atoms with Crippen molar-refractivity contribution in [2.24, 2.45) is 0 Å². The summed E-state index contributed by atoms with van der Waals surface area (Å²) in [4.78, 5) is 19.4. The number of aromatic carboxylic acids is 1. The van der Waals surface area contributed by atoms with E-state index < -0.39 is 5.97 Å². The van der Waals surface area contributed by atoms with E-state index in [1.165, 1.54) is 12.1 Å². The molecule has 3 N–H and O–H groups in total. The van der Waals surface area contributed by atoms with Gasteiger partial charge in [-0.15, -0.1) is 12.4 Å². The summed E-state index contributed by atoms with van der Waals surface area (Å²) in [7, 11) is 0. The van der Waals surface area contributed by atoms with E-state index in [0.717, 1.165) is 5.69 Å². The standard InChI is InChI=1S/C17H14N4O2.ClH/c22-16(23)12-6-8-14(9-7-12)20-17-18-11-10-15(21-17)19-13-4-2-1-3-5-13;/h1-11H,(H,22,23)(H2,18,19,20,21);1H. The van der Waals surface area contributed by atoms with Crippen LogP contribution in [-0.4, -0.2) is 21.0 Å². The van der Waals surface area contributed by atoms with Crippen LogP contribution < -0.4 is 10.6 Å². The zero-order valence-electron chi connectivity index (χ0n) is 12.5. The minimum Gasteiger partial charge on any atom is -0.478 e. The van der Waals surface area contributed by atoms with Gasteiger partial charge in [0, 0.05) is 17.6 Å². The number of anilines is 4. The van der Waals surface area contributed by atoms with Crippen LogP contribution in [0.25, 0.3) is 0 Å². The minimum absolute atomic E-state index is 0. The summed E-state index contributed by atoms with van der Waals surface area (Å²) >= 11 is 0. The summed E-state index contributed by atoms with van der Waals surface area (Å²) in [6.07, 6.45) is 1.65. The number of nitrogens with zero attached hydrogens (tertiary/aromatic N) is 2. The third-order valence-electron chi connectivity index (χ3n) is 3.09. The molecule has 7 heteroatoms. The lowest BCUT2D eigenvalue weighted by atomic mass is 10.2. The van der Waals surface area contributed by atoms with Crippen molar-refractivity contribution >= 4 is 41.5 Å². The molecule has 1 aromatic heterocycles. The van der Waals surface area contributed by atoms with Crippen LogP contribution in [0.3, 0.4) is 0 Å². The smallest absolute Gasteiger partial charge is 0.335 e. The normalized spacial score (nSPS) is 9.67. The monoisotopic (exact) mass is 342 g/mol. The number of para-hydroxylation sites is 1. The topological polar surface area (TPSA) is 87.1 Å². The molecule has 0 saturated heterocycles. The Balaban J connectivity index is 0.00000208. The van der Waals surface area contributed by atoms with Gasteiger partial charge in [-0.1, -0.05) is 18.2 Å². The molecule has 0 amide bonds. The number of rotatable bonds is 5. The first kappa shape index (κ1) is 17.2. The quantitative estimate of drug-likeness (QED) is 0.647. The number of carbonyl (C=O) groups is 1. The molecule has 0 aliphatic carbocycles. The van der Waals surface area contributed by atoms with Gasteiger partial charge in [-0.25, -0.2) is 9.78 Å². The summed E-state index contributed by atoms with van der Waals surface area (Å²) in [5, 5.41) is 15.1. The molecule has 0 aliphatic rings. The Hall–Kier alpha value is -3.12. The van der Waals surface area contributed by atoms with Gasteiger partial charge in [-0.2, -0.15) is 4.98 Å². The SMILES string of the molecule is Cl.O=C(O)c1ccc(Nc2nccc(Nc3ccccc3)n2)cc1. The van der Waals surface area contributed by atoms with Crippen molar-refractivity contribution in [3.63, 3.8) is 0 Å². The van der Waals surface area contributed by atoms with Crippen LogP contribution in [0.2, 0.25) is 0 Å². The molecule has 2 aromatic carbocycles. The molecular weight excluding hydrogens is 328 g/mol. The first-order valence-electron chi connectivity index (χ1n) is 6.96. The van der Waals surface area contributed by atoms with Crippen LogP contribution in [0.1, 0.15) is 10.4 Å². The van der Waals surface area contributed by atoms with Crippen molar-refractivity contribution in [2.45, 2.75) is 0 Å². The van der Waals surface area contributed by atoms with Crippen LogP contribution >= 0.6 is 12.4 Å². The lowest BCUT2D eigenvalue weighted by Gasteiger charge is -2.08. The van der Waals surface area contributed by atoms with Gasteiger partial charge in [0.05, 0.1) is 5.56 Å². The Kier molecular flexibility index (Phi) is 5.70. The highest BCUT2D eigenvalue weighted by Gasteiger charge is 2.04. The summed E-state index contributed by atoms with van der Waals surface area (Å²) < 4.78 is 0. The zero-order valence-corrected chi connectivity index (χ0v) is 13.3. The van der Waals surface area contributed by atoms with E-state index in [-0.39, 0.29) is 18.0 Å². The zero-order chi connectivity index (χ0) is 16.1. The van der Waals surface area contributed by atoms with Crippen LogP contribution in [0.4, 0.5) is 23.1 Å². The fourth-order valence-corrected chi connectivity index (χ4v) is 1.98. The Labute approximate surface area is 145 Å². The van der Waals surface area contributed by atoms with E-state index in [9.17, 15) is 4.79 Å². The second-order valence-corrected chi connectivity index (χ2v) is 4.76. The summed E-state index contributed by atoms with van der Waals surface area (Å²) in [5.74, 6) is 0.131. The van der Waals surface area contributed by atoms with Crippen molar-refractivity contribution in [2.75, 3.05) is 10.6 Å². The van der Waals surface area contributed by atoms with Crippen LogP contribution in [-0.2, 0) is 0 Å². The maximum atomic E-state index is 10.8. The van der Waals surface area contributed by atoms with Crippen molar-refractivity contribution in [1.82, 2.24) is 9.97 Å². The van der Waals surface area contributed by atoms with E-state index in [1.54, 1.807) is 24.4 Å². The molecule has 0 unspecified atom stereocenters. The number of carboxylic acid groups (broad SMARTS) is 1. The molecule has 3 aromatic rings. The highest BCUT2D eigenvalue weighted by Crippen LogP contribution is 2.17. The number of nitrogens with one attached hydrogen (secondary N) is 2. The van der Waals surface area contributed by atoms with Crippen molar-refractivity contribution in [1.29, 1.82) is 0 Å². The molecule has 3 rings (SSSR count). The lowest BCUT2D eigenvalue weighted by Crippen LogP contribution is -2.01. The fourth-order valence-electron chi connectivity index (χ4n) is 1.98. The first-order chi connectivity index (χ1) is 11.2. The third-order valence-corrected chi connectivity index (χ3v) is 3.09. The van der Waals surface area contributed by atoms with Gasteiger partial charge in [-0.3, -0.25) is 0 Å². The van der Waals surface area contributed by atoms with Gasteiger partial charge in [-0.05, 0) is 42.5 Å². The maximum absolute atomic E-state index is 10.8. The van der Waals surface area contributed by atoms with E-state index in [1.807, 2.05) is 30.3 Å². The average molecular weight is 343 g/mol. The number of aromatic nitrogens is 2. The molecule has 0 bridgehead atoms. The predicted octanol–water partition coefficient (Wildman–Crippen LogP) is 4.08. The Morgan fingerprint density at radius 2 is 1.54 bits per heavy atom. The van der Waals surface area contributed by atoms with Gasteiger partial charge >= 0.3 is 5.97 Å². The number of hydrogen-bond donors (Lipinski definition) is 3. The van der Waals surface area contributed by atoms with E-state index in [4.69, 9.17) is 5.11 Å². The molecule has 0 saturated carbocycles. The highest BCUT2D eigenvalue weighted by molar-refractivity contribution is 5.88. The summed E-state index contributed by atoms with van der Waals surface area (Å²) in [5.41, 5.74) is 1.88. The molecule has 0 spiro atoms. The van der Waals surface area contributed by atoms with Crippen LogP contribution in [0.15, 0.2) is 66.9 Å². The second-order valence-electron chi connectivity index (χ2n) is 4.76. The molecule has 0 fully saturated rings. The average Bonchev–Trinajstić information content (AvgIpc) is 2.57. The molecular formula is C17H15ClN4O2. The van der Waals surface area contributed by atoms with Gasteiger partial charge in [0.15, 0.2) is 0 Å². The maximum Gasteiger partial charge on any atom is 0.335 e. The van der Waals surface area contributed by atoms with Crippen molar-refractivity contribution in [3.8, 4) is 0 Å². The first-order valence-corrected chi connectivity index (χ1v) is 6.96. The molecule has 0 aliphatic heterocycles. The van der Waals surface area contributed by atoms with Gasteiger partial charge in [0.2, 0.25) is 5.95 Å². The molecule has 6 nitrogen and oxygen atoms in total. The van der Waals surface area contributed by atoms with Crippen molar-refractivity contribution in [3.05, 3.63) is 72.4 Å². The fraction of sp³-hybridized carbons (Fsp3) is 0. The van der Waals surface area contributed by atoms with Crippen molar-refractivity contribution < 1.29 is 9.90 Å². The third kappa shape index (κ3) is 4.44.